The van der Waals surface area contributed by atoms with Crippen molar-refractivity contribution in [3.05, 3.63) is 41.0 Å². The van der Waals surface area contributed by atoms with Gasteiger partial charge in [0, 0.05) is 44.2 Å². The summed E-state index contributed by atoms with van der Waals surface area (Å²) < 4.78 is 52.0. The molecule has 11 nitrogen and oxygen atoms in total. The molecular weight excluding hydrogens is 528 g/mol. The van der Waals surface area contributed by atoms with Gasteiger partial charge in [0.2, 0.25) is 0 Å². The van der Waals surface area contributed by atoms with Gasteiger partial charge in [0.1, 0.15) is 11.8 Å². The second-order valence-electron chi connectivity index (χ2n) is 9.51. The SMILES string of the molecule is CC(C)C[C@H](C(=O)O)[C@H](Cc1ccc(COCCN2CCNCC2)c(F)c1)c1nn[nH]n1.O=C([O-])C(F)(F)F. The standard InChI is InChI=1S/C22H33FN6O3.C2HF3O2/c1-15(2)11-19(22(30)31)18(21-25-27-28-26-21)12-16-3-4-17(20(23)13-16)14-32-10-9-29-7-5-24-6-8-29;3-2(4,5)1(6)7/h3-4,13,15,18-19,24H,5-12,14H2,1-2H3,(H,30,31)(H,25,26,27,28);(H,6,7)/p-1/t18-,19-;/m0./s1. The van der Waals surface area contributed by atoms with E-state index in [-0.39, 0.29) is 18.3 Å². The maximum atomic E-state index is 14.7. The van der Waals surface area contributed by atoms with Crippen LogP contribution < -0.4 is 10.4 Å². The van der Waals surface area contributed by atoms with Crippen LogP contribution in [0.4, 0.5) is 17.6 Å². The van der Waals surface area contributed by atoms with Crippen molar-refractivity contribution >= 4 is 11.9 Å². The van der Waals surface area contributed by atoms with Gasteiger partial charge in [-0.15, -0.1) is 10.2 Å². The van der Waals surface area contributed by atoms with Crippen LogP contribution in [0.25, 0.3) is 0 Å². The molecule has 2 aromatic rings. The molecule has 3 rings (SSSR count). The summed E-state index contributed by atoms with van der Waals surface area (Å²) in [4.78, 5) is 23.1. The number of carboxylic acids is 2. The number of hydrogen-bond acceptors (Lipinski definition) is 9. The zero-order valence-corrected chi connectivity index (χ0v) is 21.7. The molecule has 1 aliphatic heterocycles. The van der Waals surface area contributed by atoms with Gasteiger partial charge >= 0.3 is 12.1 Å². The van der Waals surface area contributed by atoms with Crippen molar-refractivity contribution < 1.29 is 42.1 Å². The van der Waals surface area contributed by atoms with E-state index in [9.17, 15) is 27.5 Å². The van der Waals surface area contributed by atoms with Crippen molar-refractivity contribution in [3.63, 3.8) is 0 Å². The van der Waals surface area contributed by atoms with E-state index in [0.717, 1.165) is 32.7 Å². The van der Waals surface area contributed by atoms with Gasteiger partial charge in [-0.3, -0.25) is 9.69 Å². The van der Waals surface area contributed by atoms with Gasteiger partial charge in [0.25, 0.3) is 0 Å². The lowest BCUT2D eigenvalue weighted by Crippen LogP contribution is -2.44. The van der Waals surface area contributed by atoms with Crippen molar-refractivity contribution in [2.45, 2.75) is 45.4 Å². The second kappa shape index (κ2) is 15.4. The average molecular weight is 562 g/mol. The first-order chi connectivity index (χ1) is 18.4. The number of nitrogens with zero attached hydrogens (tertiary/aromatic N) is 4. The number of aromatic amines is 1. The average Bonchev–Trinajstić information content (AvgIpc) is 3.40. The highest BCUT2D eigenvalue weighted by Crippen LogP contribution is 2.31. The number of H-pyrrole nitrogens is 1. The summed E-state index contributed by atoms with van der Waals surface area (Å²) in [5, 5.41) is 35.9. The zero-order valence-electron chi connectivity index (χ0n) is 21.7. The summed E-state index contributed by atoms with van der Waals surface area (Å²) >= 11 is 0. The van der Waals surface area contributed by atoms with Crippen molar-refractivity contribution in [2.24, 2.45) is 11.8 Å². The molecule has 0 radical (unpaired) electrons. The van der Waals surface area contributed by atoms with Crippen LogP contribution in [-0.4, -0.2) is 88.1 Å². The smallest absolute Gasteiger partial charge is 0.430 e. The fourth-order valence-electron chi connectivity index (χ4n) is 4.08. The second-order valence-corrected chi connectivity index (χ2v) is 9.51. The molecule has 1 fully saturated rings. The van der Waals surface area contributed by atoms with E-state index in [1.807, 2.05) is 19.9 Å². The molecule has 2 atom stereocenters. The third-order valence-electron chi connectivity index (χ3n) is 6.05. The molecular formula is C24H33F4N6O5-. The van der Waals surface area contributed by atoms with Gasteiger partial charge in [0.05, 0.1) is 19.1 Å². The molecule has 15 heteroatoms. The summed E-state index contributed by atoms with van der Waals surface area (Å²) in [6, 6.07) is 4.98. The molecule has 0 bridgehead atoms. The number of rotatable bonds is 12. The highest BCUT2D eigenvalue weighted by atomic mass is 19.4. The van der Waals surface area contributed by atoms with Crippen LogP contribution in [0.5, 0.6) is 0 Å². The van der Waals surface area contributed by atoms with E-state index in [0.29, 0.717) is 36.4 Å². The van der Waals surface area contributed by atoms with E-state index >= 15 is 0 Å². The summed E-state index contributed by atoms with van der Waals surface area (Å²) in [5.41, 5.74) is 1.18. The molecule has 0 amide bonds. The third-order valence-corrected chi connectivity index (χ3v) is 6.05. The van der Waals surface area contributed by atoms with Crippen LogP contribution in [0, 0.1) is 17.7 Å². The van der Waals surface area contributed by atoms with Crippen LogP contribution in [0.3, 0.4) is 0 Å². The third kappa shape index (κ3) is 11.2. The fourth-order valence-corrected chi connectivity index (χ4v) is 4.08. The number of benzene rings is 1. The Labute approximate surface area is 222 Å². The van der Waals surface area contributed by atoms with Crippen LogP contribution in [-0.2, 0) is 27.4 Å². The number of aromatic nitrogens is 4. The Hall–Kier alpha value is -3.17. The lowest BCUT2D eigenvalue weighted by Gasteiger charge is -2.26. The number of piperazine rings is 1. The Bertz CT molecular complexity index is 1030. The molecule has 39 heavy (non-hydrogen) atoms. The molecule has 0 unspecified atom stereocenters. The minimum Gasteiger partial charge on any atom is -0.542 e. The highest BCUT2D eigenvalue weighted by Gasteiger charge is 2.33. The van der Waals surface area contributed by atoms with E-state index < -0.39 is 30.0 Å². The summed E-state index contributed by atoms with van der Waals surface area (Å²) in [6.07, 6.45) is -4.42. The van der Waals surface area contributed by atoms with E-state index in [1.54, 1.807) is 6.07 Å². The number of carbonyl (C=O) groups is 2. The van der Waals surface area contributed by atoms with Crippen LogP contribution in [0.2, 0.25) is 0 Å². The number of aliphatic carboxylic acids is 2. The molecule has 3 N–H and O–H groups in total. The Morgan fingerprint density at radius 2 is 1.90 bits per heavy atom. The molecule has 0 aliphatic carbocycles. The Morgan fingerprint density at radius 1 is 1.23 bits per heavy atom. The Balaban J connectivity index is 0.000000673. The Kier molecular flexibility index (Phi) is 12.7. The summed E-state index contributed by atoms with van der Waals surface area (Å²) in [5.74, 6) is -4.96. The number of nitrogens with one attached hydrogen (secondary N) is 2. The Morgan fingerprint density at radius 3 is 2.41 bits per heavy atom. The van der Waals surface area contributed by atoms with Crippen molar-refractivity contribution in [3.8, 4) is 0 Å². The first-order valence-electron chi connectivity index (χ1n) is 12.4. The monoisotopic (exact) mass is 561 g/mol. The first kappa shape index (κ1) is 32.0. The van der Waals surface area contributed by atoms with Crippen LogP contribution >= 0.6 is 0 Å². The topological polar surface area (TPSA) is 156 Å². The maximum Gasteiger partial charge on any atom is 0.430 e. The largest absolute Gasteiger partial charge is 0.542 e. The van der Waals surface area contributed by atoms with Gasteiger partial charge < -0.3 is 25.1 Å². The predicted octanol–water partition coefficient (Wildman–Crippen LogP) is 1.13. The molecule has 218 valence electrons. The molecule has 1 saturated heterocycles. The zero-order chi connectivity index (χ0) is 29.0. The number of halogens is 4. The number of ether oxygens (including phenoxy) is 1. The van der Waals surface area contributed by atoms with Gasteiger partial charge in [-0.05, 0) is 30.4 Å². The lowest BCUT2D eigenvalue weighted by atomic mass is 9.81. The van der Waals surface area contributed by atoms with Gasteiger partial charge in [-0.1, -0.05) is 31.2 Å². The molecule has 0 spiro atoms. The first-order valence-corrected chi connectivity index (χ1v) is 12.4. The van der Waals surface area contributed by atoms with Crippen LogP contribution in [0.15, 0.2) is 18.2 Å². The number of carbonyl (C=O) groups excluding carboxylic acids is 1. The van der Waals surface area contributed by atoms with E-state index in [1.165, 1.54) is 6.07 Å². The minimum atomic E-state index is -5.19. The molecule has 1 aromatic carbocycles. The maximum absolute atomic E-state index is 14.7. The number of tetrazole rings is 1. The number of hydrogen-bond donors (Lipinski definition) is 3. The summed E-state index contributed by atoms with van der Waals surface area (Å²) in [7, 11) is 0. The van der Waals surface area contributed by atoms with Crippen molar-refractivity contribution in [1.82, 2.24) is 30.8 Å². The predicted molar refractivity (Wildman–Crippen MR) is 128 cm³/mol. The molecule has 1 aliphatic rings. The quantitative estimate of drug-likeness (QED) is 0.254. The van der Waals surface area contributed by atoms with E-state index in [4.69, 9.17) is 14.6 Å². The molecule has 0 saturated carbocycles. The minimum absolute atomic E-state index is 0.183. The normalized spacial score (nSPS) is 15.9. The van der Waals surface area contributed by atoms with E-state index in [2.05, 4.69) is 30.8 Å². The van der Waals surface area contributed by atoms with Crippen molar-refractivity contribution in [1.29, 1.82) is 0 Å². The van der Waals surface area contributed by atoms with Gasteiger partial charge in [-0.25, -0.2) is 4.39 Å². The number of carboxylic acid groups (broad SMARTS) is 2. The van der Waals surface area contributed by atoms with Gasteiger partial charge in [0.15, 0.2) is 5.82 Å². The van der Waals surface area contributed by atoms with Gasteiger partial charge in [-0.2, -0.15) is 18.4 Å². The highest BCUT2D eigenvalue weighted by molar-refractivity contribution is 5.71. The molecule has 2 heterocycles. The van der Waals surface area contributed by atoms with Crippen LogP contribution in [0.1, 0.15) is 43.1 Å². The summed E-state index contributed by atoms with van der Waals surface area (Å²) in [6.45, 7) is 9.51. The lowest BCUT2D eigenvalue weighted by molar-refractivity contribution is -0.344. The number of alkyl halides is 3. The van der Waals surface area contributed by atoms with Crippen molar-refractivity contribution in [2.75, 3.05) is 39.3 Å². The fraction of sp³-hybridized carbons (Fsp3) is 0.625. The molecule has 1 aromatic heterocycles.